The number of pyridine rings is 1. The van der Waals surface area contributed by atoms with Crippen LogP contribution in [0, 0.1) is 6.92 Å². The third kappa shape index (κ3) is 5.42. The fraction of sp³-hybridized carbons (Fsp3) is 0.417. The lowest BCUT2D eigenvalue weighted by Gasteiger charge is -2.37. The molecule has 2 heterocycles. The monoisotopic (exact) mass is 422 g/mol. The van der Waals surface area contributed by atoms with Gasteiger partial charge in [0.2, 0.25) is 0 Å². The molecule has 1 saturated heterocycles. The zero-order valence-corrected chi connectivity index (χ0v) is 18.7. The number of aryl methyl sites for hydroxylation is 1. The van der Waals surface area contributed by atoms with Crippen LogP contribution in [-0.4, -0.2) is 59.3 Å². The van der Waals surface area contributed by atoms with Crippen molar-refractivity contribution in [2.75, 3.05) is 20.2 Å². The van der Waals surface area contributed by atoms with Crippen molar-refractivity contribution in [3.05, 3.63) is 64.5 Å². The molecule has 1 atom stereocenters. The normalized spacial score (nSPS) is 16.8. The van der Waals surface area contributed by atoms with E-state index < -0.39 is 7.12 Å². The molecule has 31 heavy (non-hydrogen) atoms. The molecule has 164 valence electrons. The van der Waals surface area contributed by atoms with Gasteiger partial charge in [0.1, 0.15) is 0 Å². The Morgan fingerprint density at radius 1 is 1.23 bits per heavy atom. The Morgan fingerprint density at radius 2 is 1.87 bits per heavy atom. The maximum absolute atomic E-state index is 11.6. The van der Waals surface area contributed by atoms with Crippen LogP contribution in [0.3, 0.4) is 0 Å². The summed E-state index contributed by atoms with van der Waals surface area (Å²) in [4.78, 5) is 18.4. The van der Waals surface area contributed by atoms with Crippen LogP contribution in [0.4, 0.5) is 0 Å². The van der Waals surface area contributed by atoms with E-state index >= 15 is 0 Å². The highest BCUT2D eigenvalue weighted by molar-refractivity contribution is 6.59. The number of aromatic nitrogens is 1. The van der Waals surface area contributed by atoms with Crippen molar-refractivity contribution in [2.24, 2.45) is 0 Å². The van der Waals surface area contributed by atoms with Gasteiger partial charge in [-0.3, -0.25) is 9.88 Å². The SMILES string of the molecule is COC(=O)c1ccc(C2CCN(C(C)/C(C)=C/c3c(B(O)O)ccnc3C)CC2)cc1. The van der Waals surface area contributed by atoms with Crippen molar-refractivity contribution >= 4 is 24.6 Å². The molecule has 1 aromatic heterocycles. The van der Waals surface area contributed by atoms with Gasteiger partial charge in [-0.25, -0.2) is 4.79 Å². The highest BCUT2D eigenvalue weighted by atomic mass is 16.5. The average molecular weight is 422 g/mol. The highest BCUT2D eigenvalue weighted by Crippen LogP contribution is 2.30. The van der Waals surface area contributed by atoms with Crippen LogP contribution in [0.25, 0.3) is 6.08 Å². The van der Waals surface area contributed by atoms with Gasteiger partial charge in [-0.2, -0.15) is 0 Å². The molecule has 0 spiro atoms. The van der Waals surface area contributed by atoms with Gasteiger partial charge >= 0.3 is 13.1 Å². The second-order valence-corrected chi connectivity index (χ2v) is 8.26. The van der Waals surface area contributed by atoms with Gasteiger partial charge in [0, 0.05) is 17.9 Å². The molecular formula is C24H31BN2O4. The summed E-state index contributed by atoms with van der Waals surface area (Å²) in [5.41, 5.74) is 5.05. The van der Waals surface area contributed by atoms with Crippen LogP contribution >= 0.6 is 0 Å². The molecule has 1 unspecified atom stereocenters. The van der Waals surface area contributed by atoms with Gasteiger partial charge in [0.15, 0.2) is 0 Å². The minimum Gasteiger partial charge on any atom is -0.465 e. The molecule has 7 heteroatoms. The highest BCUT2D eigenvalue weighted by Gasteiger charge is 2.25. The number of ether oxygens (including phenoxy) is 1. The first kappa shape index (κ1) is 23.2. The average Bonchev–Trinajstić information content (AvgIpc) is 2.79. The summed E-state index contributed by atoms with van der Waals surface area (Å²) >= 11 is 0. The quantitative estimate of drug-likeness (QED) is 0.550. The third-order valence-electron chi connectivity index (χ3n) is 6.41. The molecule has 0 bridgehead atoms. The first-order valence-corrected chi connectivity index (χ1v) is 10.7. The summed E-state index contributed by atoms with van der Waals surface area (Å²) in [7, 11) is -0.122. The molecule has 0 radical (unpaired) electrons. The van der Waals surface area contributed by atoms with Crippen LogP contribution in [0.15, 0.2) is 42.1 Å². The Kier molecular flexibility index (Phi) is 7.65. The van der Waals surface area contributed by atoms with Crippen molar-refractivity contribution < 1.29 is 19.6 Å². The maximum Gasteiger partial charge on any atom is 0.489 e. The maximum atomic E-state index is 11.6. The van der Waals surface area contributed by atoms with E-state index in [1.807, 2.05) is 37.3 Å². The Morgan fingerprint density at radius 3 is 2.45 bits per heavy atom. The van der Waals surface area contributed by atoms with E-state index in [1.54, 1.807) is 12.3 Å². The molecule has 2 aromatic rings. The minimum atomic E-state index is -1.52. The summed E-state index contributed by atoms with van der Waals surface area (Å²) < 4.78 is 4.77. The Hall–Kier alpha value is -2.48. The zero-order chi connectivity index (χ0) is 22.5. The van der Waals surface area contributed by atoms with E-state index in [0.29, 0.717) is 16.9 Å². The van der Waals surface area contributed by atoms with E-state index in [0.717, 1.165) is 37.2 Å². The lowest BCUT2D eigenvalue weighted by Crippen LogP contribution is -2.40. The molecule has 1 aliphatic rings. The molecule has 6 nitrogen and oxygen atoms in total. The second-order valence-electron chi connectivity index (χ2n) is 8.26. The lowest BCUT2D eigenvalue weighted by molar-refractivity contribution is 0.0600. The van der Waals surface area contributed by atoms with E-state index in [4.69, 9.17) is 4.74 Å². The third-order valence-corrected chi connectivity index (χ3v) is 6.41. The summed E-state index contributed by atoms with van der Waals surface area (Å²) in [5, 5.41) is 19.4. The van der Waals surface area contributed by atoms with Crippen molar-refractivity contribution in [2.45, 2.75) is 45.6 Å². The Bertz CT molecular complexity index is 935. The van der Waals surface area contributed by atoms with Crippen molar-refractivity contribution in [1.82, 2.24) is 9.88 Å². The first-order valence-electron chi connectivity index (χ1n) is 10.7. The summed E-state index contributed by atoms with van der Waals surface area (Å²) in [6.45, 7) is 8.13. The molecular weight excluding hydrogens is 391 g/mol. The van der Waals surface area contributed by atoms with Gasteiger partial charge in [0.25, 0.3) is 0 Å². The number of hydrogen-bond donors (Lipinski definition) is 2. The molecule has 0 saturated carbocycles. The smallest absolute Gasteiger partial charge is 0.465 e. The number of benzene rings is 1. The number of carbonyl (C=O) groups is 1. The number of methoxy groups -OCH3 is 1. The number of piperidine rings is 1. The molecule has 0 amide bonds. The lowest BCUT2D eigenvalue weighted by atomic mass is 9.76. The molecule has 1 aromatic carbocycles. The predicted octanol–water partition coefficient (Wildman–Crippen LogP) is 2.53. The molecule has 3 rings (SSSR count). The predicted molar refractivity (Wildman–Crippen MR) is 123 cm³/mol. The fourth-order valence-corrected chi connectivity index (χ4v) is 4.28. The van der Waals surface area contributed by atoms with E-state index in [2.05, 4.69) is 23.7 Å². The standard InChI is InChI=1S/C24H31BN2O4/c1-16(15-22-17(2)26-12-9-23(22)25(29)30)18(3)27-13-10-20(11-14-27)19-5-7-21(8-6-19)24(28)31-4/h5-9,12,15,18,20,29-30H,10-11,13-14H2,1-4H3/b16-15+. The van der Waals surface area contributed by atoms with Gasteiger partial charge in [-0.15, -0.1) is 0 Å². The van der Waals surface area contributed by atoms with Gasteiger partial charge in [0.05, 0.1) is 12.7 Å². The number of nitrogens with zero attached hydrogens (tertiary/aromatic N) is 2. The van der Waals surface area contributed by atoms with Crippen molar-refractivity contribution in [3.63, 3.8) is 0 Å². The number of likely N-dealkylation sites (tertiary alicyclic amines) is 1. The molecule has 1 aliphatic heterocycles. The van der Waals surface area contributed by atoms with Crippen LogP contribution in [0.2, 0.25) is 0 Å². The number of esters is 1. The second kappa shape index (κ2) is 10.2. The topological polar surface area (TPSA) is 82.9 Å². The summed E-state index contributed by atoms with van der Waals surface area (Å²) in [5.74, 6) is 0.175. The van der Waals surface area contributed by atoms with E-state index in [-0.39, 0.29) is 12.0 Å². The van der Waals surface area contributed by atoms with Crippen LogP contribution in [-0.2, 0) is 4.74 Å². The number of hydrogen-bond acceptors (Lipinski definition) is 6. The van der Waals surface area contributed by atoms with Crippen LogP contribution < -0.4 is 5.46 Å². The van der Waals surface area contributed by atoms with E-state index in [1.165, 1.54) is 18.2 Å². The zero-order valence-electron chi connectivity index (χ0n) is 18.7. The summed E-state index contributed by atoms with van der Waals surface area (Å²) in [6, 6.07) is 9.64. The van der Waals surface area contributed by atoms with Gasteiger partial charge in [-0.1, -0.05) is 23.8 Å². The van der Waals surface area contributed by atoms with E-state index in [9.17, 15) is 14.8 Å². The van der Waals surface area contributed by atoms with Gasteiger partial charge < -0.3 is 14.8 Å². The largest absolute Gasteiger partial charge is 0.489 e. The summed E-state index contributed by atoms with van der Waals surface area (Å²) in [6.07, 6.45) is 5.74. The fourth-order valence-electron chi connectivity index (χ4n) is 4.28. The van der Waals surface area contributed by atoms with Crippen LogP contribution in [0.5, 0.6) is 0 Å². The Labute approximate surface area is 184 Å². The van der Waals surface area contributed by atoms with Crippen molar-refractivity contribution in [1.29, 1.82) is 0 Å². The Balaban J connectivity index is 1.66. The van der Waals surface area contributed by atoms with Crippen molar-refractivity contribution in [3.8, 4) is 0 Å². The number of carbonyl (C=O) groups excluding carboxylic acids is 1. The van der Waals surface area contributed by atoms with Gasteiger partial charge in [-0.05, 0) is 87.4 Å². The minimum absolute atomic E-state index is 0.242. The molecule has 1 fully saturated rings. The molecule has 2 N–H and O–H groups in total. The number of rotatable bonds is 6. The first-order chi connectivity index (χ1) is 14.8. The van der Waals surface area contributed by atoms with Crippen LogP contribution in [0.1, 0.15) is 59.8 Å². The molecule has 0 aliphatic carbocycles.